The SMILES string of the molecule is CCNC(=O)c1cc(N2C[C@@H](c3ccccc3)O[C@@H](C)C2)ccn1. The Bertz CT molecular complexity index is 690. The highest BCUT2D eigenvalue weighted by molar-refractivity contribution is 5.93. The lowest BCUT2D eigenvalue weighted by molar-refractivity contribution is -0.0173. The quantitative estimate of drug-likeness (QED) is 0.939. The van der Waals surface area contributed by atoms with E-state index in [1.807, 2.05) is 37.3 Å². The predicted molar refractivity (Wildman–Crippen MR) is 94.2 cm³/mol. The number of aromatic nitrogens is 1. The van der Waals surface area contributed by atoms with Crippen molar-refractivity contribution in [2.75, 3.05) is 24.5 Å². The van der Waals surface area contributed by atoms with Crippen molar-refractivity contribution in [3.63, 3.8) is 0 Å². The molecule has 0 bridgehead atoms. The van der Waals surface area contributed by atoms with Crippen LogP contribution in [-0.2, 0) is 4.74 Å². The van der Waals surface area contributed by atoms with Gasteiger partial charge in [0.15, 0.2) is 0 Å². The molecule has 1 saturated heterocycles. The average Bonchev–Trinajstić information content (AvgIpc) is 2.62. The second kappa shape index (κ2) is 7.45. The Labute approximate surface area is 142 Å². The van der Waals surface area contributed by atoms with Crippen molar-refractivity contribution < 1.29 is 9.53 Å². The number of pyridine rings is 1. The lowest BCUT2D eigenvalue weighted by atomic mass is 10.1. The van der Waals surface area contributed by atoms with E-state index < -0.39 is 0 Å². The number of hydrogen-bond acceptors (Lipinski definition) is 4. The topological polar surface area (TPSA) is 54.5 Å². The number of morpholine rings is 1. The van der Waals surface area contributed by atoms with Crippen LogP contribution in [0.4, 0.5) is 5.69 Å². The van der Waals surface area contributed by atoms with Crippen molar-refractivity contribution in [3.8, 4) is 0 Å². The summed E-state index contributed by atoms with van der Waals surface area (Å²) in [5.41, 5.74) is 2.62. The summed E-state index contributed by atoms with van der Waals surface area (Å²) < 4.78 is 6.10. The van der Waals surface area contributed by atoms with Crippen molar-refractivity contribution in [1.29, 1.82) is 0 Å². The molecule has 0 saturated carbocycles. The Morgan fingerprint density at radius 2 is 2.08 bits per heavy atom. The van der Waals surface area contributed by atoms with Gasteiger partial charge in [-0.1, -0.05) is 30.3 Å². The normalized spacial score (nSPS) is 20.7. The van der Waals surface area contributed by atoms with Crippen LogP contribution in [0.5, 0.6) is 0 Å². The van der Waals surface area contributed by atoms with Crippen molar-refractivity contribution in [3.05, 3.63) is 59.9 Å². The highest BCUT2D eigenvalue weighted by Gasteiger charge is 2.27. The number of carbonyl (C=O) groups excluding carboxylic acids is 1. The third-order valence-corrected chi connectivity index (χ3v) is 4.11. The van der Waals surface area contributed by atoms with E-state index >= 15 is 0 Å². The molecule has 0 radical (unpaired) electrons. The standard InChI is InChI=1S/C19H23N3O2/c1-3-20-19(23)17-11-16(9-10-21-17)22-12-14(2)24-18(13-22)15-7-5-4-6-8-15/h4-11,14,18H,3,12-13H2,1-2H3,(H,20,23)/t14-,18-/m0/s1. The van der Waals surface area contributed by atoms with E-state index in [2.05, 4.69) is 34.3 Å². The zero-order chi connectivity index (χ0) is 16.9. The summed E-state index contributed by atoms with van der Waals surface area (Å²) in [7, 11) is 0. The van der Waals surface area contributed by atoms with Crippen LogP contribution in [0.25, 0.3) is 0 Å². The van der Waals surface area contributed by atoms with E-state index in [9.17, 15) is 4.79 Å². The molecule has 5 nitrogen and oxygen atoms in total. The van der Waals surface area contributed by atoms with Crippen molar-refractivity contribution in [2.45, 2.75) is 26.1 Å². The van der Waals surface area contributed by atoms with E-state index in [-0.39, 0.29) is 18.1 Å². The summed E-state index contributed by atoms with van der Waals surface area (Å²) in [6.07, 6.45) is 1.83. The van der Waals surface area contributed by atoms with Crippen molar-refractivity contribution in [1.82, 2.24) is 10.3 Å². The van der Waals surface area contributed by atoms with Crippen LogP contribution in [0.3, 0.4) is 0 Å². The minimum absolute atomic E-state index is 0.0241. The number of amides is 1. The molecule has 3 rings (SSSR count). The van der Waals surface area contributed by atoms with Gasteiger partial charge in [-0.2, -0.15) is 0 Å². The fourth-order valence-corrected chi connectivity index (χ4v) is 3.01. The largest absolute Gasteiger partial charge is 0.367 e. The lowest BCUT2D eigenvalue weighted by Gasteiger charge is -2.38. The molecule has 24 heavy (non-hydrogen) atoms. The molecule has 5 heteroatoms. The van der Waals surface area contributed by atoms with E-state index in [1.165, 1.54) is 5.56 Å². The third-order valence-electron chi connectivity index (χ3n) is 4.11. The van der Waals surface area contributed by atoms with Gasteiger partial charge in [-0.3, -0.25) is 9.78 Å². The molecule has 1 aliphatic heterocycles. The zero-order valence-electron chi connectivity index (χ0n) is 14.1. The van der Waals surface area contributed by atoms with Crippen molar-refractivity contribution >= 4 is 11.6 Å². The Balaban J connectivity index is 1.81. The van der Waals surface area contributed by atoms with Crippen LogP contribution in [0.2, 0.25) is 0 Å². The summed E-state index contributed by atoms with van der Waals surface area (Å²) in [5, 5.41) is 2.79. The summed E-state index contributed by atoms with van der Waals surface area (Å²) in [6, 6.07) is 14.0. The number of anilines is 1. The molecule has 0 aliphatic carbocycles. The highest BCUT2D eigenvalue weighted by atomic mass is 16.5. The molecule has 0 spiro atoms. The molecule has 1 aromatic heterocycles. The first-order chi connectivity index (χ1) is 11.7. The molecule has 126 valence electrons. The van der Waals surface area contributed by atoms with Gasteiger partial charge >= 0.3 is 0 Å². The molecule has 1 N–H and O–H groups in total. The molecule has 1 fully saturated rings. The number of ether oxygens (including phenoxy) is 1. The molecule has 2 atom stereocenters. The van der Waals surface area contributed by atoms with Crippen LogP contribution in [0.15, 0.2) is 48.7 Å². The average molecular weight is 325 g/mol. The van der Waals surface area contributed by atoms with E-state index in [0.717, 1.165) is 18.8 Å². The van der Waals surface area contributed by atoms with Gasteiger partial charge in [0.25, 0.3) is 5.91 Å². The second-order valence-electron chi connectivity index (χ2n) is 6.01. The predicted octanol–water partition coefficient (Wildman–Crippen LogP) is 2.80. The van der Waals surface area contributed by atoms with Gasteiger partial charge in [0.2, 0.25) is 0 Å². The summed E-state index contributed by atoms with van der Waals surface area (Å²) in [6.45, 7) is 6.12. The molecule has 1 amide bonds. The number of carbonyl (C=O) groups is 1. The zero-order valence-corrected chi connectivity index (χ0v) is 14.1. The molecule has 1 aromatic carbocycles. The Morgan fingerprint density at radius 3 is 2.83 bits per heavy atom. The first kappa shape index (κ1) is 16.5. The van der Waals surface area contributed by atoms with E-state index in [1.54, 1.807) is 6.20 Å². The number of nitrogens with one attached hydrogen (secondary N) is 1. The number of benzene rings is 1. The Hall–Kier alpha value is -2.40. The molecular weight excluding hydrogens is 302 g/mol. The second-order valence-corrected chi connectivity index (χ2v) is 6.01. The lowest BCUT2D eigenvalue weighted by Crippen LogP contribution is -2.43. The fraction of sp³-hybridized carbons (Fsp3) is 0.368. The van der Waals surface area contributed by atoms with Gasteiger partial charge in [-0.15, -0.1) is 0 Å². The molecular formula is C19H23N3O2. The minimum Gasteiger partial charge on any atom is -0.367 e. The number of nitrogens with zero attached hydrogens (tertiary/aromatic N) is 2. The highest BCUT2D eigenvalue weighted by Crippen LogP contribution is 2.28. The molecule has 1 aliphatic rings. The summed E-state index contributed by atoms with van der Waals surface area (Å²) in [4.78, 5) is 18.5. The monoisotopic (exact) mass is 325 g/mol. The Morgan fingerprint density at radius 1 is 1.29 bits per heavy atom. The summed E-state index contributed by atoms with van der Waals surface area (Å²) in [5.74, 6) is -0.139. The van der Waals surface area contributed by atoms with Crippen molar-refractivity contribution in [2.24, 2.45) is 0 Å². The first-order valence-corrected chi connectivity index (χ1v) is 8.37. The van der Waals surface area contributed by atoms with E-state index in [4.69, 9.17) is 4.74 Å². The smallest absolute Gasteiger partial charge is 0.269 e. The molecule has 2 heterocycles. The number of hydrogen-bond donors (Lipinski definition) is 1. The van der Waals surface area contributed by atoms with Crippen LogP contribution < -0.4 is 10.2 Å². The molecule has 0 unspecified atom stereocenters. The van der Waals surface area contributed by atoms with Gasteiger partial charge in [0.1, 0.15) is 11.8 Å². The summed E-state index contributed by atoms with van der Waals surface area (Å²) >= 11 is 0. The van der Waals surface area contributed by atoms with E-state index in [0.29, 0.717) is 12.2 Å². The van der Waals surface area contributed by atoms with Gasteiger partial charge in [0, 0.05) is 31.5 Å². The van der Waals surface area contributed by atoms with Crippen LogP contribution in [0, 0.1) is 0 Å². The molecule has 2 aromatic rings. The first-order valence-electron chi connectivity index (χ1n) is 8.37. The van der Waals surface area contributed by atoms with Crippen LogP contribution in [0.1, 0.15) is 36.0 Å². The van der Waals surface area contributed by atoms with Crippen LogP contribution >= 0.6 is 0 Å². The maximum Gasteiger partial charge on any atom is 0.269 e. The third kappa shape index (κ3) is 3.74. The maximum atomic E-state index is 12.0. The fourth-order valence-electron chi connectivity index (χ4n) is 3.01. The maximum absolute atomic E-state index is 12.0. The Kier molecular flexibility index (Phi) is 5.11. The number of rotatable bonds is 4. The van der Waals surface area contributed by atoms with Crippen LogP contribution in [-0.4, -0.2) is 36.6 Å². The van der Waals surface area contributed by atoms with Gasteiger partial charge in [-0.05, 0) is 31.5 Å². The van der Waals surface area contributed by atoms with Gasteiger partial charge in [-0.25, -0.2) is 0 Å². The minimum atomic E-state index is -0.139. The van der Waals surface area contributed by atoms with Gasteiger partial charge in [0.05, 0.1) is 6.10 Å². The van der Waals surface area contributed by atoms with Gasteiger partial charge < -0.3 is 15.0 Å².